The molecule has 4 rings (SSSR count). The van der Waals surface area contributed by atoms with E-state index in [9.17, 15) is 4.79 Å². The predicted octanol–water partition coefficient (Wildman–Crippen LogP) is 0.559. The molecular weight excluding hydrogens is 322 g/mol. The summed E-state index contributed by atoms with van der Waals surface area (Å²) in [4.78, 5) is 17.1. The van der Waals surface area contributed by atoms with E-state index < -0.39 is 0 Å². The van der Waals surface area contributed by atoms with E-state index >= 15 is 0 Å². The molecule has 2 saturated heterocycles. The van der Waals surface area contributed by atoms with Crippen LogP contribution >= 0.6 is 0 Å². The van der Waals surface area contributed by atoms with E-state index in [1.165, 1.54) is 0 Å². The standard InChI is InChI=1S/C18H27N3O4/c1-20(2)16-15(14-3-6-24-17(14)16)19-18(22)12-9-13(25-11-12)10-21-4-7-23-8-5-21/h9,11,14-17H,3-8,10H2,1-2H3,(H,19,22)/t14-,15+,16-,17-/m1/s1. The first-order valence-corrected chi connectivity index (χ1v) is 9.10. The second-order valence-corrected chi connectivity index (χ2v) is 7.43. The van der Waals surface area contributed by atoms with Crippen LogP contribution in [0.1, 0.15) is 22.5 Å². The van der Waals surface area contributed by atoms with E-state index in [0.717, 1.165) is 51.6 Å². The normalized spacial score (nSPS) is 32.4. The molecule has 25 heavy (non-hydrogen) atoms. The van der Waals surface area contributed by atoms with E-state index in [2.05, 4.69) is 15.1 Å². The van der Waals surface area contributed by atoms with Crippen LogP contribution in [0.25, 0.3) is 0 Å². The summed E-state index contributed by atoms with van der Waals surface area (Å²) in [6.45, 7) is 4.83. The van der Waals surface area contributed by atoms with Gasteiger partial charge in [-0.1, -0.05) is 0 Å². The number of nitrogens with zero attached hydrogens (tertiary/aromatic N) is 2. The van der Waals surface area contributed by atoms with Gasteiger partial charge in [0.1, 0.15) is 12.0 Å². The van der Waals surface area contributed by atoms with Gasteiger partial charge in [0.25, 0.3) is 5.91 Å². The van der Waals surface area contributed by atoms with Crippen molar-refractivity contribution < 1.29 is 18.7 Å². The zero-order chi connectivity index (χ0) is 17.4. The van der Waals surface area contributed by atoms with Crippen molar-refractivity contribution in [3.8, 4) is 0 Å². The summed E-state index contributed by atoms with van der Waals surface area (Å²) in [6.07, 6.45) is 2.84. The van der Waals surface area contributed by atoms with E-state index in [4.69, 9.17) is 13.9 Å². The number of ether oxygens (including phenoxy) is 2. The number of carbonyl (C=O) groups is 1. The van der Waals surface area contributed by atoms with Gasteiger partial charge in [-0.15, -0.1) is 0 Å². The molecule has 7 nitrogen and oxygen atoms in total. The molecule has 1 aliphatic carbocycles. The summed E-state index contributed by atoms with van der Waals surface area (Å²) < 4.78 is 16.8. The SMILES string of the molecule is CN(C)[C@@H]1[C@@H](NC(=O)c2coc(CN3CCOCC3)c2)[C@H]2CCO[C@H]21. The molecule has 1 amide bonds. The van der Waals surface area contributed by atoms with Crippen molar-refractivity contribution in [2.75, 3.05) is 47.0 Å². The third kappa shape index (κ3) is 3.33. The number of amides is 1. The summed E-state index contributed by atoms with van der Waals surface area (Å²) in [7, 11) is 4.08. The van der Waals surface area contributed by atoms with Crippen molar-refractivity contribution in [3.05, 3.63) is 23.7 Å². The first kappa shape index (κ1) is 17.0. The largest absolute Gasteiger partial charge is 0.467 e. The van der Waals surface area contributed by atoms with Gasteiger partial charge in [0.2, 0.25) is 0 Å². The molecule has 7 heteroatoms. The molecule has 2 aliphatic heterocycles. The fraction of sp³-hybridized carbons (Fsp3) is 0.722. The van der Waals surface area contributed by atoms with Gasteiger partial charge in [0.15, 0.2) is 0 Å². The van der Waals surface area contributed by atoms with Crippen molar-refractivity contribution >= 4 is 5.91 Å². The van der Waals surface area contributed by atoms with E-state index in [1.54, 1.807) is 6.26 Å². The van der Waals surface area contributed by atoms with Gasteiger partial charge in [-0.25, -0.2) is 0 Å². The predicted molar refractivity (Wildman–Crippen MR) is 91.4 cm³/mol. The maximum absolute atomic E-state index is 12.6. The summed E-state index contributed by atoms with van der Waals surface area (Å²) in [5.74, 6) is 1.20. The number of rotatable bonds is 5. The molecule has 3 fully saturated rings. The Hall–Kier alpha value is -1.41. The van der Waals surface area contributed by atoms with Crippen LogP contribution in [0.4, 0.5) is 0 Å². The zero-order valence-electron chi connectivity index (χ0n) is 14.9. The summed E-state index contributed by atoms with van der Waals surface area (Å²) >= 11 is 0. The Labute approximate surface area is 148 Å². The van der Waals surface area contributed by atoms with Crippen LogP contribution in [0.3, 0.4) is 0 Å². The van der Waals surface area contributed by atoms with E-state index in [-0.39, 0.29) is 24.1 Å². The number of hydrogen-bond acceptors (Lipinski definition) is 6. The minimum absolute atomic E-state index is 0.0563. The van der Waals surface area contributed by atoms with Crippen LogP contribution in [0, 0.1) is 5.92 Å². The van der Waals surface area contributed by atoms with Gasteiger partial charge in [0, 0.05) is 25.6 Å². The highest BCUT2D eigenvalue weighted by atomic mass is 16.5. The second kappa shape index (κ2) is 7.07. The molecule has 0 aromatic carbocycles. The topological polar surface area (TPSA) is 67.2 Å². The average Bonchev–Trinajstić information content (AvgIpc) is 3.21. The number of likely N-dealkylation sites (N-methyl/N-ethyl adjacent to an activating group) is 1. The lowest BCUT2D eigenvalue weighted by Crippen LogP contribution is -2.69. The second-order valence-electron chi connectivity index (χ2n) is 7.43. The summed E-state index contributed by atoms with van der Waals surface area (Å²) in [5, 5.41) is 3.20. The third-order valence-electron chi connectivity index (χ3n) is 5.64. The Morgan fingerprint density at radius 2 is 2.12 bits per heavy atom. The molecule has 0 unspecified atom stereocenters. The van der Waals surface area contributed by atoms with Crippen LogP contribution in [-0.4, -0.2) is 80.9 Å². The van der Waals surface area contributed by atoms with Crippen molar-refractivity contribution in [2.45, 2.75) is 31.2 Å². The molecule has 1 N–H and O–H groups in total. The number of hydrogen-bond donors (Lipinski definition) is 1. The van der Waals surface area contributed by atoms with Gasteiger partial charge in [-0.05, 0) is 26.6 Å². The van der Waals surface area contributed by atoms with Gasteiger partial charge in [-0.2, -0.15) is 0 Å². The molecule has 1 aromatic heterocycles. The highest BCUT2D eigenvalue weighted by Crippen LogP contribution is 2.41. The molecule has 0 radical (unpaired) electrons. The Bertz CT molecular complexity index is 611. The molecule has 0 bridgehead atoms. The minimum atomic E-state index is -0.0563. The highest BCUT2D eigenvalue weighted by Gasteiger charge is 2.55. The van der Waals surface area contributed by atoms with Gasteiger partial charge < -0.3 is 24.1 Å². The Kier molecular flexibility index (Phi) is 4.82. The average molecular weight is 349 g/mol. The smallest absolute Gasteiger partial charge is 0.254 e. The quantitative estimate of drug-likeness (QED) is 0.838. The maximum Gasteiger partial charge on any atom is 0.254 e. The first-order chi connectivity index (χ1) is 12.1. The van der Waals surface area contributed by atoms with Gasteiger partial charge in [0.05, 0.1) is 43.5 Å². The van der Waals surface area contributed by atoms with E-state index in [1.807, 2.05) is 20.2 Å². The maximum atomic E-state index is 12.6. The van der Waals surface area contributed by atoms with Crippen molar-refractivity contribution in [1.82, 2.24) is 15.1 Å². The van der Waals surface area contributed by atoms with Crippen LogP contribution in [0.15, 0.2) is 16.7 Å². The molecule has 1 aromatic rings. The number of fused-ring (bicyclic) bond motifs is 1. The van der Waals surface area contributed by atoms with Crippen LogP contribution < -0.4 is 5.32 Å². The highest BCUT2D eigenvalue weighted by molar-refractivity contribution is 5.94. The van der Waals surface area contributed by atoms with Crippen molar-refractivity contribution in [2.24, 2.45) is 5.92 Å². The fourth-order valence-corrected chi connectivity index (χ4v) is 4.28. The number of morpholine rings is 1. The summed E-state index contributed by atoms with van der Waals surface area (Å²) in [5.41, 5.74) is 0.600. The molecule has 138 valence electrons. The van der Waals surface area contributed by atoms with Crippen molar-refractivity contribution in [1.29, 1.82) is 0 Å². The molecule has 0 spiro atoms. The third-order valence-corrected chi connectivity index (χ3v) is 5.64. The Morgan fingerprint density at radius 3 is 2.88 bits per heavy atom. The van der Waals surface area contributed by atoms with E-state index in [0.29, 0.717) is 11.5 Å². The van der Waals surface area contributed by atoms with Gasteiger partial charge in [-0.3, -0.25) is 9.69 Å². The van der Waals surface area contributed by atoms with Crippen LogP contribution in [0.5, 0.6) is 0 Å². The lowest BCUT2D eigenvalue weighted by Gasteiger charge is -2.50. The molecule has 3 aliphatic rings. The number of nitrogens with one attached hydrogen (secondary N) is 1. The summed E-state index contributed by atoms with van der Waals surface area (Å²) in [6, 6.07) is 2.25. The monoisotopic (exact) mass is 349 g/mol. The Balaban J connectivity index is 1.36. The molecule has 3 heterocycles. The van der Waals surface area contributed by atoms with Crippen LogP contribution in [0.2, 0.25) is 0 Å². The number of furan rings is 1. The number of carbonyl (C=O) groups excluding carboxylic acids is 1. The van der Waals surface area contributed by atoms with Crippen molar-refractivity contribution in [3.63, 3.8) is 0 Å². The van der Waals surface area contributed by atoms with Gasteiger partial charge >= 0.3 is 0 Å². The first-order valence-electron chi connectivity index (χ1n) is 9.10. The molecule has 1 saturated carbocycles. The fourth-order valence-electron chi connectivity index (χ4n) is 4.28. The van der Waals surface area contributed by atoms with Crippen LogP contribution in [-0.2, 0) is 16.0 Å². The minimum Gasteiger partial charge on any atom is -0.467 e. The lowest BCUT2D eigenvalue weighted by molar-refractivity contribution is -0.0664. The molecule has 4 atom stereocenters. The molecular formula is C18H27N3O4. The zero-order valence-corrected chi connectivity index (χ0v) is 14.9. The lowest BCUT2D eigenvalue weighted by atomic mass is 9.71. The Morgan fingerprint density at radius 1 is 1.32 bits per heavy atom.